The second-order valence-electron chi connectivity index (χ2n) is 7.18. The monoisotopic (exact) mass is 296 g/mol. The van der Waals surface area contributed by atoms with E-state index in [1.54, 1.807) is 0 Å². The summed E-state index contributed by atoms with van der Waals surface area (Å²) in [6, 6.07) is 7.08. The summed E-state index contributed by atoms with van der Waals surface area (Å²) >= 11 is 0. The Bertz CT molecular complexity index is 795. The Hall–Kier alpha value is -1.81. The standard InChI is InChI=1S/C18H20N2O2/c1-20-9-11(17(21)22-2)13-7-18(13)12-4-3-5-14-16(12)10(8-19-14)6-15(18)20/h3-5,8,11,13,15,19H,6-7,9H2,1-2H3/t11-,13+,15+,18-/m0/s1. The zero-order valence-electron chi connectivity index (χ0n) is 12.9. The lowest BCUT2D eigenvalue weighted by atomic mass is 9.71. The molecule has 0 amide bonds. The van der Waals surface area contributed by atoms with Gasteiger partial charge in [0, 0.05) is 35.1 Å². The van der Waals surface area contributed by atoms with Crippen molar-refractivity contribution < 1.29 is 9.53 Å². The number of ether oxygens (including phenoxy) is 1. The molecule has 0 bridgehead atoms. The predicted molar refractivity (Wildman–Crippen MR) is 83.7 cm³/mol. The number of carbonyl (C=O) groups excluding carboxylic acids is 1. The molecule has 114 valence electrons. The molecule has 1 N–H and O–H groups in total. The minimum atomic E-state index is -0.0424. The summed E-state index contributed by atoms with van der Waals surface area (Å²) in [5.74, 6) is 0.413. The molecule has 4 atom stereocenters. The lowest BCUT2D eigenvalue weighted by Crippen LogP contribution is -2.53. The Morgan fingerprint density at radius 2 is 2.32 bits per heavy atom. The van der Waals surface area contributed by atoms with Gasteiger partial charge in [0.05, 0.1) is 13.0 Å². The van der Waals surface area contributed by atoms with Crippen LogP contribution in [0.3, 0.4) is 0 Å². The van der Waals surface area contributed by atoms with E-state index in [1.165, 1.54) is 29.1 Å². The van der Waals surface area contributed by atoms with Crippen LogP contribution in [0.2, 0.25) is 0 Å². The summed E-state index contributed by atoms with van der Waals surface area (Å²) in [4.78, 5) is 18.0. The van der Waals surface area contributed by atoms with Crippen LogP contribution in [0.25, 0.3) is 10.9 Å². The van der Waals surface area contributed by atoms with E-state index in [0.29, 0.717) is 12.0 Å². The lowest BCUT2D eigenvalue weighted by Gasteiger charge is -2.45. The van der Waals surface area contributed by atoms with Gasteiger partial charge in [-0.25, -0.2) is 0 Å². The molecule has 1 aliphatic heterocycles. The zero-order valence-corrected chi connectivity index (χ0v) is 12.9. The number of nitrogens with one attached hydrogen (secondary N) is 1. The Morgan fingerprint density at radius 1 is 1.45 bits per heavy atom. The fourth-order valence-electron chi connectivity index (χ4n) is 5.38. The highest BCUT2D eigenvalue weighted by Crippen LogP contribution is 2.66. The molecule has 0 unspecified atom stereocenters. The zero-order chi connectivity index (χ0) is 15.1. The second kappa shape index (κ2) is 3.93. The summed E-state index contributed by atoms with van der Waals surface area (Å²) in [6.07, 6.45) is 4.36. The summed E-state index contributed by atoms with van der Waals surface area (Å²) in [5.41, 5.74) is 4.26. The quantitative estimate of drug-likeness (QED) is 0.820. The number of esters is 1. The maximum atomic E-state index is 12.2. The molecular formula is C18H20N2O2. The molecule has 4 heteroatoms. The average molecular weight is 296 g/mol. The van der Waals surface area contributed by atoms with Gasteiger partial charge in [0.2, 0.25) is 0 Å². The largest absolute Gasteiger partial charge is 0.469 e. The number of hydrogen-bond donors (Lipinski definition) is 1. The van der Waals surface area contributed by atoms with Crippen molar-refractivity contribution >= 4 is 16.9 Å². The van der Waals surface area contributed by atoms with Crippen molar-refractivity contribution in [1.82, 2.24) is 9.88 Å². The van der Waals surface area contributed by atoms with E-state index < -0.39 is 0 Å². The topological polar surface area (TPSA) is 45.3 Å². The number of likely N-dealkylation sites (tertiary alicyclic amines) is 1. The van der Waals surface area contributed by atoms with Crippen molar-refractivity contribution in [2.24, 2.45) is 11.8 Å². The Labute approximate surface area is 129 Å². The minimum absolute atomic E-state index is 0.0157. The van der Waals surface area contributed by atoms with E-state index >= 15 is 0 Å². The average Bonchev–Trinajstić information content (AvgIpc) is 3.14. The minimum Gasteiger partial charge on any atom is -0.469 e. The molecule has 2 fully saturated rings. The number of piperidine rings is 1. The third kappa shape index (κ3) is 1.30. The number of H-pyrrole nitrogens is 1. The number of likely N-dealkylation sites (N-methyl/N-ethyl adjacent to an activating group) is 1. The van der Waals surface area contributed by atoms with E-state index in [2.05, 4.69) is 41.3 Å². The van der Waals surface area contributed by atoms with Crippen LogP contribution in [0, 0.1) is 11.8 Å². The van der Waals surface area contributed by atoms with Crippen LogP contribution < -0.4 is 0 Å². The first-order chi connectivity index (χ1) is 10.7. The number of hydrogen-bond acceptors (Lipinski definition) is 3. The van der Waals surface area contributed by atoms with Gasteiger partial charge in [0.1, 0.15) is 0 Å². The molecule has 22 heavy (non-hydrogen) atoms. The number of benzene rings is 1. The predicted octanol–water partition coefficient (Wildman–Crippen LogP) is 2.08. The Morgan fingerprint density at radius 3 is 3.14 bits per heavy atom. The number of aromatic nitrogens is 1. The molecule has 0 radical (unpaired) electrons. The van der Waals surface area contributed by atoms with Crippen LogP contribution in [0.5, 0.6) is 0 Å². The van der Waals surface area contributed by atoms with Gasteiger partial charge in [0.15, 0.2) is 0 Å². The summed E-state index contributed by atoms with van der Waals surface area (Å²) in [5, 5.41) is 1.40. The second-order valence-corrected chi connectivity index (χ2v) is 7.18. The van der Waals surface area contributed by atoms with E-state index in [-0.39, 0.29) is 17.3 Å². The van der Waals surface area contributed by atoms with Gasteiger partial charge in [-0.15, -0.1) is 0 Å². The van der Waals surface area contributed by atoms with Crippen LogP contribution in [-0.4, -0.2) is 42.6 Å². The first-order valence-electron chi connectivity index (χ1n) is 8.04. The van der Waals surface area contributed by atoms with E-state index in [1.807, 2.05) is 0 Å². The smallest absolute Gasteiger partial charge is 0.310 e. The molecule has 1 saturated carbocycles. The van der Waals surface area contributed by atoms with Crippen LogP contribution in [-0.2, 0) is 21.4 Å². The SMILES string of the molecule is COC(=O)[C@H]1CN(C)[C@@H]2Cc3c[nH]c4cccc(c34)[C@]23C[C@H]13. The van der Waals surface area contributed by atoms with E-state index in [4.69, 9.17) is 4.74 Å². The molecule has 1 spiro atoms. The van der Waals surface area contributed by atoms with Crippen molar-refractivity contribution in [2.45, 2.75) is 24.3 Å². The molecule has 1 aromatic carbocycles. The third-order valence-corrected chi connectivity index (χ3v) is 6.36. The van der Waals surface area contributed by atoms with E-state index in [0.717, 1.165) is 19.4 Å². The number of methoxy groups -OCH3 is 1. The number of carbonyl (C=O) groups is 1. The first kappa shape index (κ1) is 12.7. The number of nitrogens with zero attached hydrogens (tertiary/aromatic N) is 1. The van der Waals surface area contributed by atoms with Crippen LogP contribution >= 0.6 is 0 Å². The molecular weight excluding hydrogens is 276 g/mol. The maximum absolute atomic E-state index is 12.2. The van der Waals surface area contributed by atoms with Gasteiger partial charge in [0.25, 0.3) is 0 Å². The normalized spacial score (nSPS) is 35.8. The fourth-order valence-corrected chi connectivity index (χ4v) is 5.38. The third-order valence-electron chi connectivity index (χ3n) is 6.36. The first-order valence-corrected chi connectivity index (χ1v) is 8.04. The summed E-state index contributed by atoms with van der Waals surface area (Å²) in [7, 11) is 3.67. The van der Waals surface area contributed by atoms with Crippen LogP contribution in [0.4, 0.5) is 0 Å². The van der Waals surface area contributed by atoms with Gasteiger partial charge >= 0.3 is 5.97 Å². The van der Waals surface area contributed by atoms with Gasteiger partial charge in [-0.2, -0.15) is 0 Å². The van der Waals surface area contributed by atoms with E-state index in [9.17, 15) is 4.79 Å². The van der Waals surface area contributed by atoms with Gasteiger partial charge in [-0.05, 0) is 43.0 Å². The van der Waals surface area contributed by atoms with Crippen molar-refractivity contribution in [1.29, 1.82) is 0 Å². The molecule has 2 aliphatic carbocycles. The van der Waals surface area contributed by atoms with Crippen molar-refractivity contribution in [3.05, 3.63) is 35.5 Å². The maximum Gasteiger partial charge on any atom is 0.310 e. The summed E-state index contributed by atoms with van der Waals surface area (Å²) < 4.78 is 5.07. The van der Waals surface area contributed by atoms with Crippen molar-refractivity contribution in [3.63, 3.8) is 0 Å². The molecule has 1 aromatic heterocycles. The lowest BCUT2D eigenvalue weighted by molar-refractivity contribution is -0.148. The highest BCUT2D eigenvalue weighted by atomic mass is 16.5. The van der Waals surface area contributed by atoms with Crippen LogP contribution in [0.15, 0.2) is 24.4 Å². The van der Waals surface area contributed by atoms with Gasteiger partial charge < -0.3 is 14.6 Å². The molecule has 5 rings (SSSR count). The van der Waals surface area contributed by atoms with Crippen LogP contribution in [0.1, 0.15) is 17.5 Å². The summed E-state index contributed by atoms with van der Waals surface area (Å²) in [6.45, 7) is 0.819. The number of aromatic amines is 1. The molecule has 4 nitrogen and oxygen atoms in total. The Balaban J connectivity index is 1.70. The highest BCUT2D eigenvalue weighted by molar-refractivity contribution is 5.90. The molecule has 2 aromatic rings. The van der Waals surface area contributed by atoms with Gasteiger partial charge in [-0.1, -0.05) is 12.1 Å². The van der Waals surface area contributed by atoms with Gasteiger partial charge in [-0.3, -0.25) is 4.79 Å². The Kier molecular flexibility index (Phi) is 2.27. The molecule has 2 heterocycles. The van der Waals surface area contributed by atoms with Crippen molar-refractivity contribution in [3.8, 4) is 0 Å². The highest BCUT2D eigenvalue weighted by Gasteiger charge is 2.69. The van der Waals surface area contributed by atoms with Crippen molar-refractivity contribution in [2.75, 3.05) is 20.7 Å². The number of rotatable bonds is 1. The molecule has 3 aliphatic rings. The molecule has 1 saturated heterocycles. The fraction of sp³-hybridized carbons (Fsp3) is 0.500.